The van der Waals surface area contributed by atoms with Gasteiger partial charge >= 0.3 is 0 Å². The summed E-state index contributed by atoms with van der Waals surface area (Å²) in [4.78, 5) is 26.9. The second-order valence-corrected chi connectivity index (χ2v) is 5.82. The predicted molar refractivity (Wildman–Crippen MR) is 103 cm³/mol. The van der Waals surface area contributed by atoms with E-state index < -0.39 is 5.91 Å². The van der Waals surface area contributed by atoms with E-state index in [1.807, 2.05) is 18.2 Å². The topological polar surface area (TPSA) is 67.9 Å². The Balaban J connectivity index is 2.05. The first kappa shape index (κ1) is 18.3. The van der Waals surface area contributed by atoms with Gasteiger partial charge in [0, 0.05) is 18.3 Å². The van der Waals surface area contributed by atoms with Crippen LogP contribution < -0.4 is 14.8 Å². The third kappa shape index (κ3) is 3.42. The summed E-state index contributed by atoms with van der Waals surface area (Å²) in [7, 11) is 3.08. The van der Waals surface area contributed by atoms with E-state index in [1.165, 1.54) is 18.1 Å². The molecule has 1 heterocycles. The molecule has 6 nitrogen and oxygen atoms in total. The zero-order chi connectivity index (χ0) is 19.4. The first-order chi connectivity index (χ1) is 13.1. The maximum Gasteiger partial charge on any atom is 0.278 e. The van der Waals surface area contributed by atoms with E-state index in [2.05, 4.69) is 11.9 Å². The lowest BCUT2D eigenvalue weighted by Crippen LogP contribution is -2.32. The summed E-state index contributed by atoms with van der Waals surface area (Å²) in [5.41, 5.74) is 1.83. The highest BCUT2D eigenvalue weighted by molar-refractivity contribution is 6.36. The van der Waals surface area contributed by atoms with Crippen LogP contribution in [0.15, 0.2) is 66.9 Å². The van der Waals surface area contributed by atoms with E-state index in [9.17, 15) is 9.59 Å². The number of methoxy groups -OCH3 is 2. The van der Waals surface area contributed by atoms with Crippen molar-refractivity contribution in [2.75, 3.05) is 26.1 Å². The maximum absolute atomic E-state index is 12.9. The Hall–Kier alpha value is -3.54. The van der Waals surface area contributed by atoms with E-state index >= 15 is 0 Å². The summed E-state index contributed by atoms with van der Waals surface area (Å²) in [6.07, 6.45) is 1.53. The molecule has 6 heteroatoms. The van der Waals surface area contributed by atoms with Gasteiger partial charge in [0.15, 0.2) is 11.5 Å². The Morgan fingerprint density at radius 2 is 1.70 bits per heavy atom. The first-order valence-corrected chi connectivity index (χ1v) is 8.36. The highest BCUT2D eigenvalue weighted by Gasteiger charge is 2.38. The van der Waals surface area contributed by atoms with Gasteiger partial charge in [-0.25, -0.2) is 0 Å². The van der Waals surface area contributed by atoms with Gasteiger partial charge in [0.25, 0.3) is 11.8 Å². The Labute approximate surface area is 157 Å². The van der Waals surface area contributed by atoms with Gasteiger partial charge in [0.05, 0.1) is 19.8 Å². The van der Waals surface area contributed by atoms with Crippen molar-refractivity contribution in [3.8, 4) is 11.5 Å². The number of anilines is 1. The molecule has 0 spiro atoms. The monoisotopic (exact) mass is 364 g/mol. The number of benzene rings is 2. The van der Waals surface area contributed by atoms with Gasteiger partial charge in [0.2, 0.25) is 0 Å². The molecule has 0 atom stereocenters. The van der Waals surface area contributed by atoms with E-state index in [0.29, 0.717) is 28.3 Å². The van der Waals surface area contributed by atoms with Crippen molar-refractivity contribution in [1.29, 1.82) is 0 Å². The fraction of sp³-hybridized carbons (Fsp3) is 0.143. The van der Waals surface area contributed by atoms with Gasteiger partial charge in [-0.15, -0.1) is 6.58 Å². The van der Waals surface area contributed by atoms with E-state index in [4.69, 9.17) is 9.47 Å². The molecule has 0 saturated heterocycles. The zero-order valence-electron chi connectivity index (χ0n) is 15.2. The van der Waals surface area contributed by atoms with Crippen LogP contribution in [-0.4, -0.2) is 37.5 Å². The number of nitrogens with zero attached hydrogens (tertiary/aromatic N) is 1. The molecule has 0 unspecified atom stereocenters. The molecule has 0 radical (unpaired) electrons. The Bertz CT molecular complexity index is 919. The Morgan fingerprint density at radius 1 is 1.00 bits per heavy atom. The van der Waals surface area contributed by atoms with Crippen molar-refractivity contribution in [3.05, 3.63) is 72.4 Å². The summed E-state index contributed by atoms with van der Waals surface area (Å²) in [5, 5.41) is 3.08. The van der Waals surface area contributed by atoms with Crippen LogP contribution in [0.5, 0.6) is 11.5 Å². The van der Waals surface area contributed by atoms with Gasteiger partial charge in [-0.3, -0.25) is 14.5 Å². The molecule has 1 aliphatic heterocycles. The number of hydrogen-bond acceptors (Lipinski definition) is 5. The number of rotatable bonds is 7. The molecule has 0 saturated carbocycles. The molecular formula is C21H20N2O4. The number of imide groups is 1. The molecule has 3 rings (SSSR count). The summed E-state index contributed by atoms with van der Waals surface area (Å²) in [5.74, 6) is 0.342. The number of hydrogen-bond donors (Lipinski definition) is 1. The molecule has 27 heavy (non-hydrogen) atoms. The van der Waals surface area contributed by atoms with Crippen molar-refractivity contribution in [3.63, 3.8) is 0 Å². The van der Waals surface area contributed by atoms with Crippen LogP contribution in [0, 0.1) is 0 Å². The molecule has 1 aliphatic rings. The average Bonchev–Trinajstić information content (AvgIpc) is 2.93. The van der Waals surface area contributed by atoms with Crippen LogP contribution in [0.2, 0.25) is 0 Å². The average molecular weight is 364 g/mol. The van der Waals surface area contributed by atoms with E-state index in [1.54, 1.807) is 37.4 Å². The number of carbonyl (C=O) groups excluding carboxylic acids is 2. The molecular weight excluding hydrogens is 344 g/mol. The van der Waals surface area contributed by atoms with Gasteiger partial charge in [-0.2, -0.15) is 0 Å². The minimum absolute atomic E-state index is 0.144. The molecule has 2 aromatic carbocycles. The minimum Gasteiger partial charge on any atom is -0.493 e. The first-order valence-electron chi connectivity index (χ1n) is 8.36. The second kappa shape index (κ2) is 7.78. The van der Waals surface area contributed by atoms with Gasteiger partial charge in [-0.05, 0) is 17.7 Å². The fourth-order valence-corrected chi connectivity index (χ4v) is 2.92. The normalized spacial score (nSPS) is 13.8. The summed E-state index contributed by atoms with van der Waals surface area (Å²) in [6.45, 7) is 3.77. The minimum atomic E-state index is -0.395. The highest BCUT2D eigenvalue weighted by atomic mass is 16.5. The third-order valence-electron chi connectivity index (χ3n) is 4.20. The molecule has 0 bridgehead atoms. The van der Waals surface area contributed by atoms with Crippen molar-refractivity contribution >= 4 is 23.1 Å². The van der Waals surface area contributed by atoms with Crippen LogP contribution >= 0.6 is 0 Å². The quantitative estimate of drug-likeness (QED) is 0.604. The smallest absolute Gasteiger partial charge is 0.278 e. The number of carbonyl (C=O) groups is 2. The highest BCUT2D eigenvalue weighted by Crippen LogP contribution is 2.34. The molecule has 0 aromatic heterocycles. The molecule has 0 aliphatic carbocycles. The summed E-state index contributed by atoms with van der Waals surface area (Å²) in [6, 6.07) is 14.3. The van der Waals surface area contributed by atoms with Crippen molar-refractivity contribution < 1.29 is 19.1 Å². The number of amides is 2. The number of ether oxygens (including phenoxy) is 2. The van der Waals surface area contributed by atoms with Crippen LogP contribution in [0.1, 0.15) is 5.56 Å². The molecule has 0 fully saturated rings. The third-order valence-corrected chi connectivity index (χ3v) is 4.20. The fourth-order valence-electron chi connectivity index (χ4n) is 2.92. The van der Waals surface area contributed by atoms with Crippen LogP contribution in [-0.2, 0) is 9.59 Å². The molecule has 138 valence electrons. The van der Waals surface area contributed by atoms with Crippen LogP contribution in [0.4, 0.5) is 5.69 Å². The van der Waals surface area contributed by atoms with Crippen molar-refractivity contribution in [2.24, 2.45) is 0 Å². The van der Waals surface area contributed by atoms with Gasteiger partial charge < -0.3 is 14.8 Å². The molecule has 2 aromatic rings. The van der Waals surface area contributed by atoms with Gasteiger partial charge in [0.1, 0.15) is 5.70 Å². The summed E-state index contributed by atoms with van der Waals surface area (Å²) >= 11 is 0. The lowest BCUT2D eigenvalue weighted by atomic mass is 10.0. The van der Waals surface area contributed by atoms with Crippen LogP contribution in [0.25, 0.3) is 5.57 Å². The molecule has 2 amide bonds. The van der Waals surface area contributed by atoms with Crippen molar-refractivity contribution in [2.45, 2.75) is 0 Å². The number of nitrogens with one attached hydrogen (secondary N) is 1. The van der Waals surface area contributed by atoms with E-state index in [0.717, 1.165) is 0 Å². The second-order valence-electron chi connectivity index (χ2n) is 5.82. The lowest BCUT2D eigenvalue weighted by molar-refractivity contribution is -0.136. The SMILES string of the molecule is C=CCN1C(=O)C(Nc2ccc(OC)c(OC)c2)=C(c2ccccc2)C1=O. The summed E-state index contributed by atoms with van der Waals surface area (Å²) < 4.78 is 10.5. The van der Waals surface area contributed by atoms with Gasteiger partial charge in [-0.1, -0.05) is 36.4 Å². The van der Waals surface area contributed by atoms with Crippen LogP contribution in [0.3, 0.4) is 0 Å². The van der Waals surface area contributed by atoms with E-state index in [-0.39, 0.29) is 18.1 Å². The Morgan fingerprint density at radius 3 is 2.33 bits per heavy atom. The predicted octanol–water partition coefficient (Wildman–Crippen LogP) is 3.08. The zero-order valence-corrected chi connectivity index (χ0v) is 15.2. The van der Waals surface area contributed by atoms with Crippen molar-refractivity contribution in [1.82, 2.24) is 4.90 Å². The standard InChI is InChI=1S/C21H20N2O4/c1-4-12-23-20(24)18(14-8-6-5-7-9-14)19(21(23)25)22-15-10-11-16(26-2)17(13-15)27-3/h4-11,13,22H,1,12H2,2-3H3. The largest absolute Gasteiger partial charge is 0.493 e. The lowest BCUT2D eigenvalue weighted by Gasteiger charge is -2.13. The Kier molecular flexibility index (Phi) is 5.26. The molecule has 1 N–H and O–H groups in total. The maximum atomic E-state index is 12.9.